The standard InChI is InChI=1S/C20H21N3O4/c1-4-27-15-8-9-16-14(10-15)11-17(22-16)20(24)23-21-12-13-6-5-7-18(25-2)19(13)26-3/h5-12,22H,4H2,1-3H3,(H,23,24)/b21-12-. The van der Waals surface area contributed by atoms with Gasteiger partial charge in [0.15, 0.2) is 11.5 Å². The van der Waals surface area contributed by atoms with Gasteiger partial charge in [-0.1, -0.05) is 6.07 Å². The zero-order chi connectivity index (χ0) is 19.2. The molecule has 0 spiro atoms. The van der Waals surface area contributed by atoms with E-state index in [4.69, 9.17) is 14.2 Å². The average molecular weight is 367 g/mol. The van der Waals surface area contributed by atoms with Crippen molar-refractivity contribution >= 4 is 23.0 Å². The Bertz CT molecular complexity index is 979. The van der Waals surface area contributed by atoms with Crippen LogP contribution in [0.15, 0.2) is 47.6 Å². The van der Waals surface area contributed by atoms with Gasteiger partial charge in [-0.2, -0.15) is 5.10 Å². The Morgan fingerprint density at radius 3 is 2.78 bits per heavy atom. The molecule has 0 aliphatic carbocycles. The van der Waals surface area contributed by atoms with Gasteiger partial charge in [-0.15, -0.1) is 0 Å². The highest BCUT2D eigenvalue weighted by atomic mass is 16.5. The van der Waals surface area contributed by atoms with Crippen LogP contribution in [0.5, 0.6) is 17.2 Å². The minimum atomic E-state index is -0.345. The lowest BCUT2D eigenvalue weighted by Crippen LogP contribution is -2.17. The van der Waals surface area contributed by atoms with Crippen LogP contribution in [0.4, 0.5) is 0 Å². The Kier molecular flexibility index (Phi) is 5.61. The van der Waals surface area contributed by atoms with Crippen molar-refractivity contribution in [2.45, 2.75) is 6.92 Å². The third-order valence-electron chi connectivity index (χ3n) is 3.95. The van der Waals surface area contributed by atoms with Gasteiger partial charge >= 0.3 is 0 Å². The highest BCUT2D eigenvalue weighted by Gasteiger charge is 2.10. The predicted octanol–water partition coefficient (Wildman–Crippen LogP) is 3.35. The summed E-state index contributed by atoms with van der Waals surface area (Å²) < 4.78 is 16.1. The van der Waals surface area contributed by atoms with E-state index in [-0.39, 0.29) is 5.91 Å². The number of hydrazone groups is 1. The number of hydrogen-bond donors (Lipinski definition) is 2. The van der Waals surface area contributed by atoms with Gasteiger partial charge in [-0.3, -0.25) is 4.79 Å². The van der Waals surface area contributed by atoms with Gasteiger partial charge in [0.2, 0.25) is 0 Å². The van der Waals surface area contributed by atoms with E-state index in [1.165, 1.54) is 6.21 Å². The van der Waals surface area contributed by atoms with Gasteiger partial charge < -0.3 is 19.2 Å². The number of fused-ring (bicyclic) bond motifs is 1. The molecule has 1 aromatic heterocycles. The number of aromatic nitrogens is 1. The Morgan fingerprint density at radius 2 is 2.04 bits per heavy atom. The fraction of sp³-hybridized carbons (Fsp3) is 0.200. The topological polar surface area (TPSA) is 84.9 Å². The Morgan fingerprint density at radius 1 is 1.19 bits per heavy atom. The number of nitrogens with zero attached hydrogens (tertiary/aromatic N) is 1. The van der Waals surface area contributed by atoms with Crippen molar-refractivity contribution in [3.05, 3.63) is 53.7 Å². The van der Waals surface area contributed by atoms with Crippen molar-refractivity contribution in [3.63, 3.8) is 0 Å². The summed E-state index contributed by atoms with van der Waals surface area (Å²) in [5.41, 5.74) is 4.46. The van der Waals surface area contributed by atoms with Crippen LogP contribution in [0.25, 0.3) is 10.9 Å². The molecule has 7 heteroatoms. The highest BCUT2D eigenvalue weighted by molar-refractivity contribution is 5.98. The van der Waals surface area contributed by atoms with E-state index in [1.807, 2.05) is 37.3 Å². The van der Waals surface area contributed by atoms with Gasteiger partial charge in [-0.25, -0.2) is 5.43 Å². The maximum atomic E-state index is 12.3. The van der Waals surface area contributed by atoms with Crippen molar-refractivity contribution in [1.82, 2.24) is 10.4 Å². The molecule has 0 aliphatic rings. The quantitative estimate of drug-likeness (QED) is 0.495. The summed E-state index contributed by atoms with van der Waals surface area (Å²) >= 11 is 0. The second kappa shape index (κ2) is 8.27. The van der Waals surface area contributed by atoms with E-state index in [9.17, 15) is 4.79 Å². The number of para-hydroxylation sites is 1. The van der Waals surface area contributed by atoms with E-state index in [0.717, 1.165) is 16.7 Å². The van der Waals surface area contributed by atoms with E-state index >= 15 is 0 Å². The van der Waals surface area contributed by atoms with Crippen LogP contribution in [0.3, 0.4) is 0 Å². The maximum Gasteiger partial charge on any atom is 0.287 e. The molecule has 0 radical (unpaired) electrons. The van der Waals surface area contributed by atoms with E-state index in [2.05, 4.69) is 15.5 Å². The first kappa shape index (κ1) is 18.3. The summed E-state index contributed by atoms with van der Waals surface area (Å²) in [6, 6.07) is 12.8. The molecule has 0 bridgehead atoms. The van der Waals surface area contributed by atoms with Gasteiger partial charge in [0.25, 0.3) is 5.91 Å². The van der Waals surface area contributed by atoms with Crippen LogP contribution in [-0.2, 0) is 0 Å². The molecule has 0 fully saturated rings. The molecule has 0 unspecified atom stereocenters. The number of aromatic amines is 1. The van der Waals surface area contributed by atoms with Crippen molar-refractivity contribution in [2.24, 2.45) is 5.10 Å². The molecule has 0 aliphatic heterocycles. The summed E-state index contributed by atoms with van der Waals surface area (Å²) in [5, 5.41) is 4.91. The second-order valence-corrected chi connectivity index (χ2v) is 5.65. The molecule has 2 N–H and O–H groups in total. The smallest absolute Gasteiger partial charge is 0.287 e. The molecule has 3 rings (SSSR count). The molecule has 2 aromatic carbocycles. The van der Waals surface area contributed by atoms with Gasteiger partial charge in [0.1, 0.15) is 11.4 Å². The lowest BCUT2D eigenvalue weighted by atomic mass is 10.2. The first-order chi connectivity index (χ1) is 13.2. The molecular weight excluding hydrogens is 346 g/mol. The lowest BCUT2D eigenvalue weighted by Gasteiger charge is -2.09. The SMILES string of the molecule is CCOc1ccc2[nH]c(C(=O)N/N=C\c3cccc(OC)c3OC)cc2c1. The summed E-state index contributed by atoms with van der Waals surface area (Å²) in [5.74, 6) is 1.56. The zero-order valence-electron chi connectivity index (χ0n) is 15.4. The normalized spacial score (nSPS) is 10.9. The third-order valence-corrected chi connectivity index (χ3v) is 3.95. The molecular formula is C20H21N3O4. The number of H-pyrrole nitrogens is 1. The van der Waals surface area contributed by atoms with Gasteiger partial charge in [0, 0.05) is 16.5 Å². The van der Waals surface area contributed by atoms with Crippen LogP contribution < -0.4 is 19.6 Å². The first-order valence-electron chi connectivity index (χ1n) is 8.46. The van der Waals surface area contributed by atoms with Crippen LogP contribution in [0, 0.1) is 0 Å². The number of nitrogens with one attached hydrogen (secondary N) is 2. The first-order valence-corrected chi connectivity index (χ1v) is 8.46. The highest BCUT2D eigenvalue weighted by Crippen LogP contribution is 2.29. The molecule has 0 atom stereocenters. The number of hydrogen-bond acceptors (Lipinski definition) is 5. The zero-order valence-corrected chi connectivity index (χ0v) is 15.4. The number of benzene rings is 2. The monoisotopic (exact) mass is 367 g/mol. The van der Waals surface area contributed by atoms with Crippen LogP contribution in [-0.4, -0.2) is 37.9 Å². The van der Waals surface area contributed by atoms with Crippen molar-refractivity contribution in [1.29, 1.82) is 0 Å². The number of methoxy groups -OCH3 is 2. The molecule has 3 aromatic rings. The van der Waals surface area contributed by atoms with Crippen molar-refractivity contribution < 1.29 is 19.0 Å². The number of amides is 1. The Balaban J connectivity index is 1.74. The molecule has 140 valence electrons. The van der Waals surface area contributed by atoms with Crippen molar-refractivity contribution in [3.8, 4) is 17.2 Å². The van der Waals surface area contributed by atoms with Crippen LogP contribution in [0.1, 0.15) is 23.0 Å². The Hall–Kier alpha value is -3.48. The van der Waals surface area contributed by atoms with Crippen LogP contribution in [0.2, 0.25) is 0 Å². The molecule has 7 nitrogen and oxygen atoms in total. The minimum Gasteiger partial charge on any atom is -0.494 e. The molecule has 1 heterocycles. The second-order valence-electron chi connectivity index (χ2n) is 5.65. The summed E-state index contributed by atoms with van der Waals surface area (Å²) in [6.45, 7) is 2.52. The van der Waals surface area contributed by atoms with E-state index < -0.39 is 0 Å². The van der Waals surface area contributed by atoms with E-state index in [0.29, 0.717) is 29.4 Å². The largest absolute Gasteiger partial charge is 0.494 e. The minimum absolute atomic E-state index is 0.345. The van der Waals surface area contributed by atoms with E-state index in [1.54, 1.807) is 26.4 Å². The molecule has 27 heavy (non-hydrogen) atoms. The van der Waals surface area contributed by atoms with Gasteiger partial charge in [0.05, 0.1) is 27.0 Å². The number of carbonyl (C=O) groups is 1. The van der Waals surface area contributed by atoms with Crippen LogP contribution >= 0.6 is 0 Å². The van der Waals surface area contributed by atoms with Crippen molar-refractivity contribution in [2.75, 3.05) is 20.8 Å². The number of carbonyl (C=O) groups excluding carboxylic acids is 1. The third kappa shape index (κ3) is 4.03. The Labute approximate surface area is 156 Å². The number of ether oxygens (including phenoxy) is 3. The fourth-order valence-corrected chi connectivity index (χ4v) is 2.72. The summed E-state index contributed by atoms with van der Waals surface area (Å²) in [7, 11) is 3.11. The summed E-state index contributed by atoms with van der Waals surface area (Å²) in [6.07, 6.45) is 1.51. The van der Waals surface area contributed by atoms with Gasteiger partial charge in [-0.05, 0) is 43.3 Å². The molecule has 0 saturated carbocycles. The predicted molar refractivity (Wildman–Crippen MR) is 104 cm³/mol. The molecule has 0 saturated heterocycles. The number of rotatable bonds is 7. The maximum absolute atomic E-state index is 12.3. The fourth-order valence-electron chi connectivity index (χ4n) is 2.72. The molecule has 1 amide bonds. The lowest BCUT2D eigenvalue weighted by molar-refractivity contribution is 0.0951. The summed E-state index contributed by atoms with van der Waals surface area (Å²) in [4.78, 5) is 15.4. The average Bonchev–Trinajstić information content (AvgIpc) is 3.11.